The molecule has 1 aliphatic rings. The number of anilines is 1. The van der Waals surface area contributed by atoms with E-state index in [4.69, 9.17) is 14.8 Å². The van der Waals surface area contributed by atoms with Gasteiger partial charge in [0.15, 0.2) is 11.6 Å². The summed E-state index contributed by atoms with van der Waals surface area (Å²) in [5, 5.41) is 13.0. The number of fused-ring (bicyclic) bond motifs is 1. The van der Waals surface area contributed by atoms with E-state index < -0.39 is 0 Å². The molecular formula is C21H26N8O. The Hall–Kier alpha value is -3.20. The van der Waals surface area contributed by atoms with Gasteiger partial charge in [0, 0.05) is 57.6 Å². The summed E-state index contributed by atoms with van der Waals surface area (Å²) < 4.78 is 11.2. The second-order valence-corrected chi connectivity index (χ2v) is 7.99. The van der Waals surface area contributed by atoms with Gasteiger partial charge in [-0.2, -0.15) is 5.10 Å². The van der Waals surface area contributed by atoms with Gasteiger partial charge in [0.1, 0.15) is 5.52 Å². The Bertz CT molecular complexity index is 1200. The molecule has 2 atom stereocenters. The van der Waals surface area contributed by atoms with Crippen molar-refractivity contribution in [1.82, 2.24) is 33.9 Å². The monoisotopic (exact) mass is 406 g/mol. The Morgan fingerprint density at radius 3 is 2.70 bits per heavy atom. The van der Waals surface area contributed by atoms with E-state index in [9.17, 15) is 0 Å². The minimum atomic E-state index is 0.298. The van der Waals surface area contributed by atoms with Crippen LogP contribution in [0.3, 0.4) is 0 Å². The van der Waals surface area contributed by atoms with Crippen molar-refractivity contribution in [3.05, 3.63) is 36.4 Å². The first-order chi connectivity index (χ1) is 14.5. The quantitative estimate of drug-likeness (QED) is 0.548. The predicted molar refractivity (Wildman–Crippen MR) is 114 cm³/mol. The van der Waals surface area contributed by atoms with E-state index in [0.717, 1.165) is 53.2 Å². The summed E-state index contributed by atoms with van der Waals surface area (Å²) in [5.74, 6) is 2.14. The van der Waals surface area contributed by atoms with Crippen molar-refractivity contribution in [2.45, 2.75) is 38.3 Å². The summed E-state index contributed by atoms with van der Waals surface area (Å²) >= 11 is 0. The van der Waals surface area contributed by atoms with Crippen molar-refractivity contribution in [2.24, 2.45) is 14.1 Å². The summed E-state index contributed by atoms with van der Waals surface area (Å²) in [6, 6.07) is 2.33. The third kappa shape index (κ3) is 3.15. The van der Waals surface area contributed by atoms with Gasteiger partial charge in [0.05, 0.1) is 11.8 Å². The maximum Gasteiger partial charge on any atom is 0.218 e. The Labute approximate surface area is 174 Å². The number of hydrogen-bond donors (Lipinski definition) is 1. The van der Waals surface area contributed by atoms with Gasteiger partial charge in [-0.3, -0.25) is 4.68 Å². The third-order valence-corrected chi connectivity index (χ3v) is 5.95. The summed E-state index contributed by atoms with van der Waals surface area (Å²) in [4.78, 5) is 9.34. The summed E-state index contributed by atoms with van der Waals surface area (Å²) in [6.07, 6.45) is 11.0. The summed E-state index contributed by atoms with van der Waals surface area (Å²) in [6.45, 7) is 2.10. The van der Waals surface area contributed by atoms with Crippen molar-refractivity contribution in [3.8, 4) is 22.9 Å². The number of nitrogens with one attached hydrogen (secondary N) is 1. The number of aryl methyl sites for hydroxylation is 3. The fourth-order valence-electron chi connectivity index (χ4n) is 4.30. The van der Waals surface area contributed by atoms with E-state index in [1.807, 2.05) is 52.5 Å². The van der Waals surface area contributed by atoms with Crippen LogP contribution in [0, 0.1) is 6.92 Å². The highest BCUT2D eigenvalue weighted by molar-refractivity contribution is 5.82. The van der Waals surface area contributed by atoms with Crippen molar-refractivity contribution in [2.75, 3.05) is 12.4 Å². The molecule has 9 nitrogen and oxygen atoms in total. The van der Waals surface area contributed by atoms with Gasteiger partial charge in [-0.1, -0.05) is 0 Å². The number of imidazole rings is 1. The molecule has 4 aromatic heterocycles. The zero-order valence-electron chi connectivity index (χ0n) is 17.7. The maximum atomic E-state index is 5.55. The topological polar surface area (TPSA) is 87.1 Å². The van der Waals surface area contributed by atoms with Crippen LogP contribution in [0.2, 0.25) is 0 Å². The molecule has 0 amide bonds. The van der Waals surface area contributed by atoms with Gasteiger partial charge in [0.25, 0.3) is 0 Å². The zero-order chi connectivity index (χ0) is 20.8. The van der Waals surface area contributed by atoms with Crippen LogP contribution in [-0.2, 0) is 18.8 Å². The first kappa shape index (κ1) is 18.8. The molecule has 0 aliphatic heterocycles. The molecule has 156 valence electrons. The van der Waals surface area contributed by atoms with E-state index >= 15 is 0 Å². The van der Waals surface area contributed by atoms with Gasteiger partial charge in [-0.05, 0) is 37.8 Å². The lowest BCUT2D eigenvalue weighted by Crippen LogP contribution is -2.19. The number of nitrogens with zero attached hydrogens (tertiary/aromatic N) is 7. The molecule has 0 bridgehead atoms. The highest BCUT2D eigenvalue weighted by atomic mass is 16.5. The lowest BCUT2D eigenvalue weighted by Gasteiger charge is -2.16. The molecule has 30 heavy (non-hydrogen) atoms. The fourth-order valence-corrected chi connectivity index (χ4v) is 4.30. The molecule has 0 saturated heterocycles. The van der Waals surface area contributed by atoms with E-state index in [0.29, 0.717) is 18.0 Å². The Kier molecular flexibility index (Phi) is 4.54. The van der Waals surface area contributed by atoms with Gasteiger partial charge in [-0.25, -0.2) is 14.5 Å². The molecule has 0 radical (unpaired) electrons. The van der Waals surface area contributed by atoms with Gasteiger partial charge in [-0.15, -0.1) is 5.10 Å². The Balaban J connectivity index is 1.64. The van der Waals surface area contributed by atoms with Crippen LogP contribution in [-0.4, -0.2) is 53.2 Å². The van der Waals surface area contributed by atoms with Crippen LogP contribution in [0.15, 0.2) is 30.9 Å². The SMILES string of the molecule is CO[C@H]1CC[C@@H](Nc2nc(-c3nccn3C)nn3cc(-c4ccn(C)n4)c(C)c23)C1. The Morgan fingerprint density at radius 1 is 1.17 bits per heavy atom. The van der Waals surface area contributed by atoms with E-state index in [-0.39, 0.29) is 0 Å². The van der Waals surface area contributed by atoms with Crippen LogP contribution < -0.4 is 5.32 Å². The molecule has 0 unspecified atom stereocenters. The molecule has 1 saturated carbocycles. The van der Waals surface area contributed by atoms with Crippen LogP contribution in [0.4, 0.5) is 5.82 Å². The lowest BCUT2D eigenvalue weighted by molar-refractivity contribution is 0.108. The number of hydrogen-bond acceptors (Lipinski definition) is 6. The highest BCUT2D eigenvalue weighted by Gasteiger charge is 2.27. The molecule has 0 aromatic carbocycles. The molecular weight excluding hydrogens is 380 g/mol. The zero-order valence-corrected chi connectivity index (χ0v) is 17.7. The van der Waals surface area contributed by atoms with Gasteiger partial charge in [0.2, 0.25) is 5.82 Å². The van der Waals surface area contributed by atoms with Crippen molar-refractivity contribution >= 4 is 11.3 Å². The molecule has 5 rings (SSSR count). The largest absolute Gasteiger partial charge is 0.381 e. The lowest BCUT2D eigenvalue weighted by atomic mass is 10.1. The van der Waals surface area contributed by atoms with E-state index in [1.54, 1.807) is 13.3 Å². The average Bonchev–Trinajstić information content (AvgIpc) is 3.50. The third-order valence-electron chi connectivity index (χ3n) is 5.95. The highest BCUT2D eigenvalue weighted by Crippen LogP contribution is 2.33. The van der Waals surface area contributed by atoms with E-state index in [2.05, 4.69) is 22.3 Å². The molecule has 1 N–H and O–H groups in total. The molecule has 1 fully saturated rings. The average molecular weight is 406 g/mol. The first-order valence-electron chi connectivity index (χ1n) is 10.2. The van der Waals surface area contributed by atoms with Crippen LogP contribution >= 0.6 is 0 Å². The fraction of sp³-hybridized carbons (Fsp3) is 0.429. The number of aromatic nitrogens is 7. The van der Waals surface area contributed by atoms with Crippen LogP contribution in [0.1, 0.15) is 24.8 Å². The minimum absolute atomic E-state index is 0.298. The molecule has 0 spiro atoms. The summed E-state index contributed by atoms with van der Waals surface area (Å²) in [5.41, 5.74) is 4.04. The standard InChI is InChI=1S/C21H26N8O/c1-13-16(17-7-9-28(3)25-17)12-29-18(13)19(23-14-5-6-15(11-14)30-4)24-20(26-29)21-22-8-10-27(21)2/h7-10,12,14-15H,5-6,11H2,1-4H3,(H,23,24,26)/t14-,15+/m1/s1. The summed E-state index contributed by atoms with van der Waals surface area (Å²) in [7, 11) is 5.65. The van der Waals surface area contributed by atoms with Crippen molar-refractivity contribution < 1.29 is 4.74 Å². The second kappa shape index (κ2) is 7.24. The number of ether oxygens (including phenoxy) is 1. The molecule has 1 aliphatic carbocycles. The normalized spacial score (nSPS) is 19.1. The smallest absolute Gasteiger partial charge is 0.218 e. The van der Waals surface area contributed by atoms with E-state index in [1.165, 1.54) is 0 Å². The molecule has 4 heterocycles. The first-order valence-corrected chi connectivity index (χ1v) is 10.2. The minimum Gasteiger partial charge on any atom is -0.381 e. The Morgan fingerprint density at radius 2 is 2.03 bits per heavy atom. The predicted octanol–water partition coefficient (Wildman–Crippen LogP) is 2.82. The van der Waals surface area contributed by atoms with Gasteiger partial charge >= 0.3 is 0 Å². The van der Waals surface area contributed by atoms with Crippen LogP contribution in [0.5, 0.6) is 0 Å². The molecule has 9 heteroatoms. The molecule has 4 aromatic rings. The van der Waals surface area contributed by atoms with Crippen molar-refractivity contribution in [1.29, 1.82) is 0 Å². The van der Waals surface area contributed by atoms with Crippen molar-refractivity contribution in [3.63, 3.8) is 0 Å². The van der Waals surface area contributed by atoms with Crippen LogP contribution in [0.25, 0.3) is 28.4 Å². The number of methoxy groups -OCH3 is 1. The number of rotatable bonds is 5. The second-order valence-electron chi connectivity index (χ2n) is 7.99. The maximum absolute atomic E-state index is 5.55. The van der Waals surface area contributed by atoms with Gasteiger partial charge < -0.3 is 14.6 Å².